The molecule has 0 spiro atoms. The van der Waals surface area contributed by atoms with Gasteiger partial charge in [0.1, 0.15) is 11.4 Å². The van der Waals surface area contributed by atoms with Crippen molar-refractivity contribution in [3.05, 3.63) is 34.1 Å². The number of rotatable bonds is 2. The van der Waals surface area contributed by atoms with E-state index in [-0.39, 0.29) is 18.7 Å². The van der Waals surface area contributed by atoms with Gasteiger partial charge < -0.3 is 4.74 Å². The molecule has 19 heavy (non-hydrogen) atoms. The first kappa shape index (κ1) is 14.8. The SMILES string of the molecule is CC1(C)CNC(c2cc(Br)ccc2F)(C(F)F)CO1. The molecule has 0 aliphatic carbocycles. The number of morpholine rings is 1. The Morgan fingerprint density at radius 2 is 2.05 bits per heavy atom. The zero-order chi connectivity index (χ0) is 14.3. The standard InChI is InChI=1S/C13H15BrF3NO/c1-12(2)6-18-13(7-19-12,11(16)17)9-5-8(14)3-4-10(9)15/h3-5,11,18H,6-7H2,1-2H3. The van der Waals surface area contributed by atoms with Gasteiger partial charge in [-0.3, -0.25) is 5.32 Å². The molecule has 1 saturated heterocycles. The van der Waals surface area contributed by atoms with Crippen molar-refractivity contribution < 1.29 is 17.9 Å². The van der Waals surface area contributed by atoms with Crippen molar-refractivity contribution >= 4 is 15.9 Å². The minimum atomic E-state index is -2.77. The van der Waals surface area contributed by atoms with E-state index in [2.05, 4.69) is 21.2 Å². The molecule has 1 heterocycles. The van der Waals surface area contributed by atoms with Gasteiger partial charge in [0.25, 0.3) is 6.43 Å². The number of halogens is 4. The summed E-state index contributed by atoms with van der Waals surface area (Å²) in [5.41, 5.74) is -2.42. The van der Waals surface area contributed by atoms with Crippen molar-refractivity contribution in [1.82, 2.24) is 5.32 Å². The number of nitrogens with one attached hydrogen (secondary N) is 1. The van der Waals surface area contributed by atoms with E-state index in [9.17, 15) is 13.2 Å². The van der Waals surface area contributed by atoms with Gasteiger partial charge in [0.15, 0.2) is 0 Å². The molecule has 2 nitrogen and oxygen atoms in total. The second-order valence-corrected chi connectivity index (χ2v) is 6.21. The summed E-state index contributed by atoms with van der Waals surface area (Å²) >= 11 is 3.18. The lowest BCUT2D eigenvalue weighted by Gasteiger charge is -2.44. The highest BCUT2D eigenvalue weighted by Gasteiger charge is 2.48. The van der Waals surface area contributed by atoms with Crippen molar-refractivity contribution in [2.45, 2.75) is 31.4 Å². The summed E-state index contributed by atoms with van der Waals surface area (Å²) in [6.07, 6.45) is -2.77. The van der Waals surface area contributed by atoms with Crippen LogP contribution in [0.15, 0.2) is 22.7 Å². The molecule has 2 rings (SSSR count). The molecule has 1 aliphatic heterocycles. The molecule has 1 aliphatic rings. The van der Waals surface area contributed by atoms with Gasteiger partial charge in [0.2, 0.25) is 0 Å². The van der Waals surface area contributed by atoms with Gasteiger partial charge >= 0.3 is 0 Å². The maximum absolute atomic E-state index is 13.9. The Kier molecular flexibility index (Phi) is 3.95. The van der Waals surface area contributed by atoms with Crippen molar-refractivity contribution in [1.29, 1.82) is 0 Å². The molecule has 0 aromatic heterocycles. The molecule has 0 bridgehead atoms. The van der Waals surface area contributed by atoms with Crippen molar-refractivity contribution in [3.63, 3.8) is 0 Å². The molecule has 106 valence electrons. The number of ether oxygens (including phenoxy) is 1. The monoisotopic (exact) mass is 337 g/mol. The predicted octanol–water partition coefficient (Wildman–Crippen LogP) is 3.45. The van der Waals surface area contributed by atoms with E-state index in [1.807, 2.05) is 0 Å². The molecule has 1 unspecified atom stereocenters. The van der Waals surface area contributed by atoms with E-state index in [0.29, 0.717) is 4.47 Å². The molecule has 1 atom stereocenters. The van der Waals surface area contributed by atoms with Crippen LogP contribution in [0.25, 0.3) is 0 Å². The van der Waals surface area contributed by atoms with E-state index >= 15 is 0 Å². The molecule has 1 aromatic rings. The number of alkyl halides is 2. The molecule has 1 fully saturated rings. The van der Waals surface area contributed by atoms with Crippen LogP contribution in [-0.2, 0) is 10.3 Å². The molecule has 0 saturated carbocycles. The first-order valence-electron chi connectivity index (χ1n) is 5.89. The molecular weight excluding hydrogens is 323 g/mol. The van der Waals surface area contributed by atoms with Crippen LogP contribution in [0.1, 0.15) is 19.4 Å². The minimum absolute atomic E-state index is 0.0765. The zero-order valence-corrected chi connectivity index (χ0v) is 12.2. The Balaban J connectivity index is 2.44. The van der Waals surface area contributed by atoms with Gasteiger partial charge in [0.05, 0.1) is 12.2 Å². The summed E-state index contributed by atoms with van der Waals surface area (Å²) in [7, 11) is 0. The van der Waals surface area contributed by atoms with E-state index in [1.54, 1.807) is 13.8 Å². The first-order valence-corrected chi connectivity index (χ1v) is 6.69. The molecule has 1 aromatic carbocycles. The van der Waals surface area contributed by atoms with Gasteiger partial charge in [-0.15, -0.1) is 0 Å². The van der Waals surface area contributed by atoms with Gasteiger partial charge in [0, 0.05) is 16.6 Å². The van der Waals surface area contributed by atoms with E-state index in [4.69, 9.17) is 4.74 Å². The fraction of sp³-hybridized carbons (Fsp3) is 0.538. The van der Waals surface area contributed by atoms with Crippen LogP contribution in [0.4, 0.5) is 13.2 Å². The number of hydrogen-bond donors (Lipinski definition) is 1. The Bertz CT molecular complexity index is 469. The first-order chi connectivity index (χ1) is 8.77. The van der Waals surface area contributed by atoms with Gasteiger partial charge in [-0.2, -0.15) is 0 Å². The normalized spacial score (nSPS) is 26.7. The third-order valence-corrected chi connectivity index (χ3v) is 3.79. The van der Waals surface area contributed by atoms with Gasteiger partial charge in [-0.05, 0) is 32.0 Å². The molecule has 0 amide bonds. The highest BCUT2D eigenvalue weighted by atomic mass is 79.9. The second kappa shape index (κ2) is 5.07. The summed E-state index contributed by atoms with van der Waals surface area (Å²) in [4.78, 5) is 0. The van der Waals surface area contributed by atoms with E-state index < -0.39 is 23.4 Å². The summed E-state index contributed by atoms with van der Waals surface area (Å²) in [6, 6.07) is 4.02. The third-order valence-electron chi connectivity index (χ3n) is 3.30. The van der Waals surface area contributed by atoms with Gasteiger partial charge in [-0.1, -0.05) is 15.9 Å². The summed E-state index contributed by atoms with van der Waals surface area (Å²) in [6.45, 7) is 3.55. The molecule has 1 N–H and O–H groups in total. The Morgan fingerprint density at radius 3 is 2.58 bits per heavy atom. The quantitative estimate of drug-likeness (QED) is 0.892. The summed E-state index contributed by atoms with van der Waals surface area (Å²) in [5.74, 6) is -0.667. The average Bonchev–Trinajstić information content (AvgIpc) is 2.33. The lowest BCUT2D eigenvalue weighted by atomic mass is 9.87. The van der Waals surface area contributed by atoms with Crippen LogP contribution in [0.2, 0.25) is 0 Å². The molecule has 6 heteroatoms. The summed E-state index contributed by atoms with van der Waals surface area (Å²) < 4.78 is 46.9. The zero-order valence-electron chi connectivity index (χ0n) is 10.6. The topological polar surface area (TPSA) is 21.3 Å². The van der Waals surface area contributed by atoms with Crippen LogP contribution in [0.3, 0.4) is 0 Å². The highest BCUT2D eigenvalue weighted by molar-refractivity contribution is 9.10. The largest absolute Gasteiger partial charge is 0.372 e. The van der Waals surface area contributed by atoms with Crippen LogP contribution >= 0.6 is 15.9 Å². The van der Waals surface area contributed by atoms with Gasteiger partial charge in [-0.25, -0.2) is 13.2 Å². The Morgan fingerprint density at radius 1 is 1.37 bits per heavy atom. The number of hydrogen-bond acceptors (Lipinski definition) is 2. The fourth-order valence-electron chi connectivity index (χ4n) is 2.05. The Hall–Kier alpha value is -0.590. The minimum Gasteiger partial charge on any atom is -0.372 e. The fourth-order valence-corrected chi connectivity index (χ4v) is 2.41. The lowest BCUT2D eigenvalue weighted by molar-refractivity contribution is -0.132. The van der Waals surface area contributed by atoms with Crippen LogP contribution < -0.4 is 5.32 Å². The van der Waals surface area contributed by atoms with E-state index in [1.165, 1.54) is 18.2 Å². The van der Waals surface area contributed by atoms with Crippen LogP contribution in [0, 0.1) is 5.82 Å². The molecule has 0 radical (unpaired) electrons. The second-order valence-electron chi connectivity index (χ2n) is 5.30. The van der Waals surface area contributed by atoms with Crippen molar-refractivity contribution in [2.75, 3.05) is 13.2 Å². The summed E-state index contributed by atoms with van der Waals surface area (Å²) in [5, 5.41) is 2.77. The maximum atomic E-state index is 13.9. The average molecular weight is 338 g/mol. The smallest absolute Gasteiger partial charge is 0.263 e. The number of benzene rings is 1. The highest BCUT2D eigenvalue weighted by Crippen LogP contribution is 2.36. The molecular formula is C13H15BrF3NO. The van der Waals surface area contributed by atoms with E-state index in [0.717, 1.165) is 0 Å². The lowest BCUT2D eigenvalue weighted by Crippen LogP contribution is -2.62. The predicted molar refractivity (Wildman–Crippen MR) is 69.8 cm³/mol. The third kappa shape index (κ3) is 2.80. The van der Waals surface area contributed by atoms with Crippen molar-refractivity contribution in [2.24, 2.45) is 0 Å². The van der Waals surface area contributed by atoms with Crippen molar-refractivity contribution in [3.8, 4) is 0 Å². The van der Waals surface area contributed by atoms with Crippen LogP contribution in [-0.4, -0.2) is 25.2 Å². The Labute approximate surface area is 118 Å². The van der Waals surface area contributed by atoms with Crippen LogP contribution in [0.5, 0.6) is 0 Å². The maximum Gasteiger partial charge on any atom is 0.263 e.